The number of aromatic nitrogens is 1. The van der Waals surface area contributed by atoms with Crippen molar-refractivity contribution in [3.63, 3.8) is 0 Å². The SMILES string of the molecule is C[C@@H](O)[C@@H]1CCCCN1S(=O)(=O)c1ccc(Cl)c2ncccc12. The van der Waals surface area contributed by atoms with Gasteiger partial charge in [0.2, 0.25) is 10.0 Å². The fourth-order valence-electron chi connectivity index (χ4n) is 3.17. The van der Waals surface area contributed by atoms with Gasteiger partial charge >= 0.3 is 0 Å². The molecule has 1 aliphatic heterocycles. The molecule has 7 heteroatoms. The summed E-state index contributed by atoms with van der Waals surface area (Å²) in [7, 11) is -3.72. The number of benzene rings is 1. The van der Waals surface area contributed by atoms with Gasteiger partial charge in [0.15, 0.2) is 0 Å². The van der Waals surface area contributed by atoms with Crippen LogP contribution in [0.3, 0.4) is 0 Å². The van der Waals surface area contributed by atoms with Crippen LogP contribution in [0.15, 0.2) is 35.4 Å². The van der Waals surface area contributed by atoms with E-state index in [0.29, 0.717) is 28.9 Å². The molecule has 0 unspecified atom stereocenters. The molecular weight excluding hydrogens is 336 g/mol. The second-order valence-corrected chi connectivity index (χ2v) is 8.13. The highest BCUT2D eigenvalue weighted by Crippen LogP contribution is 2.33. The Hall–Kier alpha value is -1.21. The first kappa shape index (κ1) is 16.6. The average Bonchev–Trinajstić information content (AvgIpc) is 2.55. The molecule has 5 nitrogen and oxygen atoms in total. The van der Waals surface area contributed by atoms with E-state index in [0.717, 1.165) is 12.8 Å². The van der Waals surface area contributed by atoms with Gasteiger partial charge in [0, 0.05) is 18.1 Å². The average molecular weight is 355 g/mol. The lowest BCUT2D eigenvalue weighted by atomic mass is 10.0. The molecular formula is C16H19ClN2O3S. The number of piperidine rings is 1. The van der Waals surface area contributed by atoms with Crippen LogP contribution < -0.4 is 0 Å². The van der Waals surface area contributed by atoms with Crippen molar-refractivity contribution in [3.8, 4) is 0 Å². The van der Waals surface area contributed by atoms with Gasteiger partial charge in [0.05, 0.1) is 27.6 Å². The van der Waals surface area contributed by atoms with E-state index in [2.05, 4.69) is 4.98 Å². The predicted molar refractivity (Wildman–Crippen MR) is 90.0 cm³/mol. The van der Waals surface area contributed by atoms with E-state index in [1.807, 2.05) is 0 Å². The number of halogens is 1. The van der Waals surface area contributed by atoms with E-state index in [1.54, 1.807) is 31.3 Å². The molecule has 1 fully saturated rings. The first-order chi connectivity index (χ1) is 10.9. The van der Waals surface area contributed by atoms with E-state index < -0.39 is 22.2 Å². The number of hydrogen-bond acceptors (Lipinski definition) is 4. The van der Waals surface area contributed by atoms with Crippen molar-refractivity contribution >= 4 is 32.5 Å². The van der Waals surface area contributed by atoms with E-state index in [9.17, 15) is 13.5 Å². The lowest BCUT2D eigenvalue weighted by molar-refractivity contribution is 0.0831. The lowest BCUT2D eigenvalue weighted by Crippen LogP contribution is -2.48. The topological polar surface area (TPSA) is 70.5 Å². The Morgan fingerprint density at radius 1 is 1.35 bits per heavy atom. The van der Waals surface area contributed by atoms with Crippen LogP contribution in [0, 0.1) is 0 Å². The van der Waals surface area contributed by atoms with Crippen molar-refractivity contribution in [1.29, 1.82) is 0 Å². The highest BCUT2D eigenvalue weighted by molar-refractivity contribution is 7.89. The molecule has 0 radical (unpaired) electrons. The zero-order chi connectivity index (χ0) is 16.6. The Labute approximate surface area is 140 Å². The molecule has 124 valence electrons. The molecule has 1 aliphatic rings. The number of fused-ring (bicyclic) bond motifs is 1. The van der Waals surface area contributed by atoms with Crippen LogP contribution in [-0.4, -0.2) is 41.5 Å². The third kappa shape index (κ3) is 2.96. The molecule has 0 aliphatic carbocycles. The van der Waals surface area contributed by atoms with Gasteiger partial charge in [0.25, 0.3) is 0 Å². The smallest absolute Gasteiger partial charge is 0.244 e. The van der Waals surface area contributed by atoms with E-state index in [-0.39, 0.29) is 4.90 Å². The van der Waals surface area contributed by atoms with Gasteiger partial charge in [-0.25, -0.2) is 8.42 Å². The maximum atomic E-state index is 13.2. The molecule has 23 heavy (non-hydrogen) atoms. The Morgan fingerprint density at radius 2 is 2.13 bits per heavy atom. The van der Waals surface area contributed by atoms with Gasteiger partial charge in [-0.2, -0.15) is 4.31 Å². The van der Waals surface area contributed by atoms with Crippen LogP contribution in [-0.2, 0) is 10.0 Å². The number of rotatable bonds is 3. The number of nitrogens with zero attached hydrogens (tertiary/aromatic N) is 2. The van der Waals surface area contributed by atoms with Crippen LogP contribution in [0.5, 0.6) is 0 Å². The molecule has 3 rings (SSSR count). The maximum Gasteiger partial charge on any atom is 0.244 e. The summed E-state index contributed by atoms with van der Waals surface area (Å²) >= 11 is 6.13. The van der Waals surface area contributed by atoms with Gasteiger partial charge < -0.3 is 5.11 Å². The molecule has 0 saturated carbocycles. The summed E-state index contributed by atoms with van der Waals surface area (Å²) in [6.45, 7) is 2.06. The fourth-order valence-corrected chi connectivity index (χ4v) is 5.33. The summed E-state index contributed by atoms with van der Waals surface area (Å²) < 4.78 is 27.8. The van der Waals surface area contributed by atoms with Crippen LogP contribution in [0.4, 0.5) is 0 Å². The maximum absolute atomic E-state index is 13.2. The summed E-state index contributed by atoms with van der Waals surface area (Å²) in [5, 5.41) is 10.9. The minimum atomic E-state index is -3.72. The molecule has 0 amide bonds. The van der Waals surface area contributed by atoms with Crippen molar-refractivity contribution in [2.75, 3.05) is 6.54 Å². The third-order valence-corrected chi connectivity index (χ3v) is 6.61. The number of hydrogen-bond donors (Lipinski definition) is 1. The molecule has 1 aromatic heterocycles. The Kier molecular flexibility index (Phi) is 4.60. The molecule has 0 bridgehead atoms. The summed E-state index contributed by atoms with van der Waals surface area (Å²) in [4.78, 5) is 4.38. The van der Waals surface area contributed by atoms with Crippen molar-refractivity contribution < 1.29 is 13.5 Å². The minimum Gasteiger partial charge on any atom is -0.392 e. The van der Waals surface area contributed by atoms with Gasteiger partial charge in [-0.1, -0.05) is 18.0 Å². The van der Waals surface area contributed by atoms with E-state index in [1.165, 1.54) is 10.4 Å². The summed E-state index contributed by atoms with van der Waals surface area (Å²) in [6, 6.07) is 6.10. The summed E-state index contributed by atoms with van der Waals surface area (Å²) in [6.07, 6.45) is 3.27. The summed E-state index contributed by atoms with van der Waals surface area (Å²) in [5.74, 6) is 0. The normalized spacial score (nSPS) is 21.4. The van der Waals surface area contributed by atoms with Gasteiger partial charge in [-0.05, 0) is 44.0 Å². The standard InChI is InChI=1S/C16H19ClN2O3S/c1-11(20)14-6-2-3-10-19(14)23(21,22)15-8-7-13(17)16-12(15)5-4-9-18-16/h4-5,7-9,11,14,20H,2-3,6,10H2,1H3/t11-,14+/m1/s1. The van der Waals surface area contributed by atoms with Crippen molar-refractivity contribution in [3.05, 3.63) is 35.5 Å². The predicted octanol–water partition coefficient (Wildman–Crippen LogP) is 2.81. The van der Waals surface area contributed by atoms with Crippen LogP contribution >= 0.6 is 11.6 Å². The molecule has 1 aromatic carbocycles. The summed E-state index contributed by atoms with van der Waals surface area (Å²) in [5.41, 5.74) is 0.473. The first-order valence-corrected chi connectivity index (χ1v) is 9.48. The zero-order valence-corrected chi connectivity index (χ0v) is 14.4. The van der Waals surface area contributed by atoms with Gasteiger partial charge in [-0.15, -0.1) is 0 Å². The molecule has 2 aromatic rings. The quantitative estimate of drug-likeness (QED) is 0.920. The largest absolute Gasteiger partial charge is 0.392 e. The highest BCUT2D eigenvalue weighted by atomic mass is 35.5. The minimum absolute atomic E-state index is 0.192. The second-order valence-electron chi connectivity index (χ2n) is 5.86. The third-order valence-electron chi connectivity index (χ3n) is 4.32. The van der Waals surface area contributed by atoms with E-state index >= 15 is 0 Å². The van der Waals surface area contributed by atoms with Gasteiger partial charge in [0.1, 0.15) is 0 Å². The number of aliphatic hydroxyl groups excluding tert-OH is 1. The second kappa shape index (κ2) is 6.36. The van der Waals surface area contributed by atoms with Crippen molar-refractivity contribution in [2.45, 2.75) is 43.2 Å². The molecule has 1 saturated heterocycles. The Bertz CT molecular complexity index is 823. The number of pyridine rings is 1. The number of aliphatic hydroxyl groups is 1. The zero-order valence-electron chi connectivity index (χ0n) is 12.8. The van der Waals surface area contributed by atoms with Crippen molar-refractivity contribution in [2.24, 2.45) is 0 Å². The fraction of sp³-hybridized carbons (Fsp3) is 0.438. The van der Waals surface area contributed by atoms with Crippen molar-refractivity contribution in [1.82, 2.24) is 9.29 Å². The van der Waals surface area contributed by atoms with E-state index in [4.69, 9.17) is 11.6 Å². The van der Waals surface area contributed by atoms with Crippen LogP contribution in [0.1, 0.15) is 26.2 Å². The number of sulfonamides is 1. The molecule has 1 N–H and O–H groups in total. The van der Waals surface area contributed by atoms with Crippen LogP contribution in [0.2, 0.25) is 5.02 Å². The molecule has 0 spiro atoms. The Balaban J connectivity index is 2.15. The Morgan fingerprint density at radius 3 is 2.87 bits per heavy atom. The molecule has 2 heterocycles. The first-order valence-electron chi connectivity index (χ1n) is 7.66. The highest BCUT2D eigenvalue weighted by Gasteiger charge is 2.36. The molecule has 2 atom stereocenters. The lowest BCUT2D eigenvalue weighted by Gasteiger charge is -2.36. The van der Waals surface area contributed by atoms with Gasteiger partial charge in [-0.3, -0.25) is 4.98 Å². The monoisotopic (exact) mass is 354 g/mol. The van der Waals surface area contributed by atoms with Crippen LogP contribution in [0.25, 0.3) is 10.9 Å².